The highest BCUT2D eigenvalue weighted by molar-refractivity contribution is 7.16. The number of methoxy groups -OCH3 is 2. The second-order valence-corrected chi connectivity index (χ2v) is 8.14. The third-order valence-electron chi connectivity index (χ3n) is 4.99. The third-order valence-corrected chi connectivity index (χ3v) is 6.23. The van der Waals surface area contributed by atoms with E-state index in [1.54, 1.807) is 32.6 Å². The van der Waals surface area contributed by atoms with Crippen LogP contribution in [0.5, 0.6) is 11.5 Å². The van der Waals surface area contributed by atoms with Crippen molar-refractivity contribution in [2.45, 2.75) is 19.3 Å². The quantitative estimate of drug-likeness (QED) is 0.499. The first-order valence-electron chi connectivity index (χ1n) is 9.82. The van der Waals surface area contributed by atoms with Crippen molar-refractivity contribution >= 4 is 17.2 Å². The van der Waals surface area contributed by atoms with E-state index in [1.807, 2.05) is 24.3 Å². The van der Waals surface area contributed by atoms with Gasteiger partial charge in [-0.2, -0.15) is 0 Å². The molecule has 1 amide bonds. The molecule has 0 fully saturated rings. The zero-order valence-electron chi connectivity index (χ0n) is 17.6. The number of benzene rings is 2. The summed E-state index contributed by atoms with van der Waals surface area (Å²) >= 11 is 1.75. The number of hydrogen-bond acceptors (Lipinski definition) is 5. The van der Waals surface area contributed by atoms with E-state index in [0.29, 0.717) is 6.42 Å². The molecule has 5 nitrogen and oxygen atoms in total. The minimum atomic E-state index is -0.249. The molecule has 2 aromatic carbocycles. The zero-order chi connectivity index (χ0) is 21.5. The molecule has 0 radical (unpaired) electrons. The molecule has 6 heteroatoms. The van der Waals surface area contributed by atoms with Gasteiger partial charge in [0.25, 0.3) is 0 Å². The summed E-state index contributed by atoms with van der Waals surface area (Å²) in [7, 11) is 4.93. The van der Waals surface area contributed by atoms with E-state index in [4.69, 9.17) is 14.6 Å². The molecule has 0 saturated heterocycles. The number of aliphatic hydroxyl groups excluding tert-OH is 1. The molecule has 1 aromatic heterocycles. The van der Waals surface area contributed by atoms with Crippen molar-refractivity contribution in [2.75, 3.05) is 28.0 Å². The summed E-state index contributed by atoms with van der Waals surface area (Å²) in [6, 6.07) is 18.4. The van der Waals surface area contributed by atoms with Crippen LogP contribution in [0.4, 0.5) is 0 Å². The van der Waals surface area contributed by atoms with Crippen LogP contribution in [0.15, 0.2) is 54.6 Å². The van der Waals surface area contributed by atoms with Gasteiger partial charge in [0.1, 0.15) is 18.2 Å². The highest BCUT2D eigenvalue weighted by Crippen LogP contribution is 2.40. The molecule has 1 N–H and O–H groups in total. The second-order valence-electron chi connectivity index (χ2n) is 7.00. The van der Waals surface area contributed by atoms with Crippen LogP contribution < -0.4 is 9.47 Å². The van der Waals surface area contributed by atoms with Crippen LogP contribution in [0.1, 0.15) is 17.7 Å². The Kier molecular flexibility index (Phi) is 7.49. The predicted octanol–water partition coefficient (Wildman–Crippen LogP) is 4.83. The van der Waals surface area contributed by atoms with Gasteiger partial charge in [0.2, 0.25) is 5.91 Å². The molecule has 0 aliphatic carbocycles. The maximum atomic E-state index is 11.9. The van der Waals surface area contributed by atoms with Crippen LogP contribution in [-0.2, 0) is 11.2 Å². The number of aliphatic hydroxyl groups is 1. The number of carbonyl (C=O) groups is 1. The van der Waals surface area contributed by atoms with Crippen molar-refractivity contribution in [3.05, 3.63) is 59.5 Å². The minimum absolute atomic E-state index is 0.0418. The van der Waals surface area contributed by atoms with E-state index < -0.39 is 0 Å². The number of carbonyl (C=O) groups excluding carboxylic acids is 1. The summed E-state index contributed by atoms with van der Waals surface area (Å²) in [4.78, 5) is 15.7. The largest absolute Gasteiger partial charge is 0.497 e. The Bertz CT molecular complexity index is 899. The molecule has 3 rings (SSSR count). The predicted molar refractivity (Wildman–Crippen MR) is 121 cm³/mol. The molecule has 0 atom stereocenters. The molecule has 3 aromatic rings. The van der Waals surface area contributed by atoms with Gasteiger partial charge >= 0.3 is 0 Å². The standard InChI is InChI=1S/C24H27NO4S/c1-25(16-26)23(27)6-4-5-21-15-22(17-7-11-19(28-2)12-8-17)24(30-21)18-9-13-20(29-3)14-10-18/h7-15,26H,4-6,16H2,1-3H3. The summed E-state index contributed by atoms with van der Waals surface area (Å²) in [5.41, 5.74) is 3.43. The van der Waals surface area contributed by atoms with Crippen molar-refractivity contribution in [2.24, 2.45) is 0 Å². The van der Waals surface area contributed by atoms with Gasteiger partial charge in [-0.3, -0.25) is 4.79 Å². The zero-order valence-corrected chi connectivity index (χ0v) is 18.4. The van der Waals surface area contributed by atoms with Gasteiger partial charge in [-0.25, -0.2) is 0 Å². The Hall–Kier alpha value is -2.83. The topological polar surface area (TPSA) is 59.0 Å². The van der Waals surface area contributed by atoms with Crippen LogP contribution >= 0.6 is 11.3 Å². The van der Waals surface area contributed by atoms with Gasteiger partial charge in [-0.05, 0) is 66.4 Å². The van der Waals surface area contributed by atoms with Crippen molar-refractivity contribution in [3.8, 4) is 33.1 Å². The fraction of sp³-hybridized carbons (Fsp3) is 0.292. The average molecular weight is 426 g/mol. The van der Waals surface area contributed by atoms with E-state index >= 15 is 0 Å². The first-order valence-corrected chi connectivity index (χ1v) is 10.6. The normalized spacial score (nSPS) is 10.7. The van der Waals surface area contributed by atoms with Crippen LogP contribution in [-0.4, -0.2) is 43.9 Å². The van der Waals surface area contributed by atoms with Gasteiger partial charge in [-0.1, -0.05) is 12.1 Å². The number of ether oxygens (including phenoxy) is 2. The van der Waals surface area contributed by atoms with Gasteiger partial charge in [0.15, 0.2) is 0 Å². The molecule has 1 heterocycles. The number of thiophene rings is 1. The van der Waals surface area contributed by atoms with E-state index in [2.05, 4.69) is 30.3 Å². The van der Waals surface area contributed by atoms with E-state index in [1.165, 1.54) is 20.2 Å². The second kappa shape index (κ2) is 10.3. The summed E-state index contributed by atoms with van der Waals surface area (Å²) in [5, 5.41) is 9.08. The fourth-order valence-corrected chi connectivity index (χ4v) is 4.42. The monoisotopic (exact) mass is 425 g/mol. The van der Waals surface area contributed by atoms with Crippen molar-refractivity contribution in [1.82, 2.24) is 4.90 Å². The van der Waals surface area contributed by atoms with Crippen LogP contribution in [0.3, 0.4) is 0 Å². The molecule has 158 valence electrons. The molecule has 0 unspecified atom stereocenters. The SMILES string of the molecule is COc1ccc(-c2cc(CCCC(=O)N(C)CO)sc2-c2ccc(OC)cc2)cc1. The van der Waals surface area contributed by atoms with E-state index in [-0.39, 0.29) is 12.6 Å². The van der Waals surface area contributed by atoms with Crippen molar-refractivity contribution < 1.29 is 19.4 Å². The Morgan fingerprint density at radius 2 is 1.53 bits per heavy atom. The lowest BCUT2D eigenvalue weighted by atomic mass is 10.0. The van der Waals surface area contributed by atoms with Gasteiger partial charge in [-0.15, -0.1) is 11.3 Å². The number of amides is 1. The first kappa shape index (κ1) is 21.9. The summed E-state index contributed by atoms with van der Waals surface area (Å²) < 4.78 is 10.6. The molecular weight excluding hydrogens is 398 g/mol. The molecule has 0 saturated carbocycles. The molecule has 0 bridgehead atoms. The van der Waals surface area contributed by atoms with Crippen LogP contribution in [0.25, 0.3) is 21.6 Å². The number of nitrogens with zero attached hydrogens (tertiary/aromatic N) is 1. The Labute approximate surface area is 181 Å². The smallest absolute Gasteiger partial charge is 0.224 e. The summed E-state index contributed by atoms with van der Waals surface area (Å²) in [5.74, 6) is 1.61. The lowest BCUT2D eigenvalue weighted by Gasteiger charge is -2.12. The maximum absolute atomic E-state index is 11.9. The van der Waals surface area contributed by atoms with Crippen molar-refractivity contribution in [3.63, 3.8) is 0 Å². The molecule has 0 aliphatic rings. The number of aryl methyl sites for hydroxylation is 1. The minimum Gasteiger partial charge on any atom is -0.497 e. The fourth-order valence-electron chi connectivity index (χ4n) is 3.19. The molecular formula is C24H27NO4S. The highest BCUT2D eigenvalue weighted by atomic mass is 32.1. The lowest BCUT2D eigenvalue weighted by molar-refractivity contribution is -0.133. The lowest BCUT2D eigenvalue weighted by Crippen LogP contribution is -2.27. The Morgan fingerprint density at radius 3 is 2.07 bits per heavy atom. The summed E-state index contributed by atoms with van der Waals surface area (Å²) in [6.45, 7) is -0.249. The molecule has 0 aliphatic heterocycles. The average Bonchev–Trinajstić information content (AvgIpc) is 3.22. The third kappa shape index (κ3) is 5.20. The summed E-state index contributed by atoms with van der Waals surface area (Å²) in [6.07, 6.45) is 1.98. The Morgan fingerprint density at radius 1 is 0.967 bits per heavy atom. The van der Waals surface area contributed by atoms with Gasteiger partial charge in [0, 0.05) is 28.8 Å². The molecule has 30 heavy (non-hydrogen) atoms. The van der Waals surface area contributed by atoms with Gasteiger partial charge < -0.3 is 19.5 Å². The molecule has 0 spiro atoms. The number of rotatable bonds is 9. The van der Waals surface area contributed by atoms with E-state index in [9.17, 15) is 4.79 Å². The first-order chi connectivity index (χ1) is 14.5. The van der Waals surface area contributed by atoms with E-state index in [0.717, 1.165) is 35.5 Å². The van der Waals surface area contributed by atoms with Gasteiger partial charge in [0.05, 0.1) is 14.2 Å². The number of hydrogen-bond donors (Lipinski definition) is 1. The van der Waals surface area contributed by atoms with Crippen LogP contribution in [0, 0.1) is 0 Å². The maximum Gasteiger partial charge on any atom is 0.224 e. The van der Waals surface area contributed by atoms with Crippen LogP contribution in [0.2, 0.25) is 0 Å². The Balaban J connectivity index is 1.87. The highest BCUT2D eigenvalue weighted by Gasteiger charge is 2.14. The van der Waals surface area contributed by atoms with Crippen molar-refractivity contribution in [1.29, 1.82) is 0 Å².